The molecule has 2 spiro atoms. The second-order valence-electron chi connectivity index (χ2n) is 10.5. The van der Waals surface area contributed by atoms with Gasteiger partial charge in [-0.3, -0.25) is 19.3 Å². The molecule has 4 aliphatic rings. The smallest absolute Gasteiger partial charge is 0.251 e. The summed E-state index contributed by atoms with van der Waals surface area (Å²) in [6.07, 6.45) is 2.23. The van der Waals surface area contributed by atoms with E-state index in [2.05, 4.69) is 15.5 Å². The summed E-state index contributed by atoms with van der Waals surface area (Å²) in [4.78, 5) is 45.8. The maximum atomic E-state index is 14.7. The lowest BCUT2D eigenvalue weighted by Gasteiger charge is -2.43. The van der Waals surface area contributed by atoms with Crippen LogP contribution in [0.15, 0.2) is 60.7 Å². The summed E-state index contributed by atoms with van der Waals surface area (Å²) in [5, 5.41) is 6.88. The molecular formula is C30H25Cl2N3O3. The highest BCUT2D eigenvalue weighted by atomic mass is 35.5. The van der Waals surface area contributed by atoms with Gasteiger partial charge in [0.1, 0.15) is 11.0 Å². The minimum absolute atomic E-state index is 0.236. The Morgan fingerprint density at radius 2 is 1.79 bits per heavy atom. The Morgan fingerprint density at radius 1 is 1.00 bits per heavy atom. The number of nitrogens with zero attached hydrogens (tertiary/aromatic N) is 1. The van der Waals surface area contributed by atoms with Gasteiger partial charge in [0, 0.05) is 33.6 Å². The number of benzene rings is 3. The fourth-order valence-corrected chi connectivity index (χ4v) is 8.32. The molecule has 4 aliphatic heterocycles. The molecule has 0 aliphatic carbocycles. The Labute approximate surface area is 230 Å². The van der Waals surface area contributed by atoms with Gasteiger partial charge in [0.15, 0.2) is 5.78 Å². The van der Waals surface area contributed by atoms with Crippen molar-refractivity contribution in [3.8, 4) is 0 Å². The lowest BCUT2D eigenvalue weighted by molar-refractivity contribution is -0.137. The van der Waals surface area contributed by atoms with Crippen LogP contribution in [0.25, 0.3) is 0 Å². The summed E-state index contributed by atoms with van der Waals surface area (Å²) in [5.41, 5.74) is 1.25. The lowest BCUT2D eigenvalue weighted by atomic mass is 9.57. The monoisotopic (exact) mass is 545 g/mol. The zero-order valence-electron chi connectivity index (χ0n) is 20.7. The summed E-state index contributed by atoms with van der Waals surface area (Å²) in [5.74, 6) is -1.68. The number of hydrogen-bond donors (Lipinski definition) is 2. The molecule has 4 atom stereocenters. The van der Waals surface area contributed by atoms with E-state index in [-0.39, 0.29) is 28.7 Å². The molecule has 0 radical (unpaired) electrons. The van der Waals surface area contributed by atoms with Crippen molar-refractivity contribution in [2.75, 3.05) is 17.2 Å². The van der Waals surface area contributed by atoms with Crippen LogP contribution in [0.1, 0.15) is 46.8 Å². The molecule has 0 bridgehead atoms. The van der Waals surface area contributed by atoms with Crippen molar-refractivity contribution < 1.29 is 14.4 Å². The largest absolute Gasteiger partial charge is 0.325 e. The average Bonchev–Trinajstić information content (AvgIpc) is 3.62. The molecule has 2 amide bonds. The van der Waals surface area contributed by atoms with Gasteiger partial charge in [-0.25, -0.2) is 0 Å². The first kappa shape index (κ1) is 23.9. The maximum absolute atomic E-state index is 14.7. The quantitative estimate of drug-likeness (QED) is 0.421. The van der Waals surface area contributed by atoms with Crippen molar-refractivity contribution in [1.82, 2.24) is 4.90 Å². The standard InChI is InChI=1S/C30H25Cl2N3O3/c1-2-16-7-5-9-20-25(16)34-28(38)30(20)29(19-8-3-4-10-22(19)33-27(29)37)24(23-11-6-14-35(23)30)26(36)18-13-12-17(31)15-21(18)32/h3-5,7-10,12-13,15,23-24H,2,6,11,14H2,1H3,(H,33,37)(H,34,38). The number of rotatable bonds is 3. The van der Waals surface area contributed by atoms with Gasteiger partial charge in [0.2, 0.25) is 5.91 Å². The van der Waals surface area contributed by atoms with Gasteiger partial charge in [-0.05, 0) is 61.2 Å². The normalized spacial score (nSPS) is 28.9. The number of ketones is 1. The molecule has 2 saturated heterocycles. The van der Waals surface area contributed by atoms with Gasteiger partial charge in [-0.1, -0.05) is 66.5 Å². The zero-order valence-corrected chi connectivity index (χ0v) is 22.2. The van der Waals surface area contributed by atoms with E-state index in [1.54, 1.807) is 18.2 Å². The third kappa shape index (κ3) is 2.66. The molecular weight excluding hydrogens is 521 g/mol. The third-order valence-electron chi connectivity index (χ3n) is 9.08. The second-order valence-corrected chi connectivity index (χ2v) is 11.4. The molecule has 3 aromatic carbocycles. The van der Waals surface area contributed by atoms with Crippen LogP contribution in [0.2, 0.25) is 10.0 Å². The van der Waals surface area contributed by atoms with E-state index < -0.39 is 16.9 Å². The van der Waals surface area contributed by atoms with Crippen LogP contribution in [0.5, 0.6) is 0 Å². The number of hydrogen-bond acceptors (Lipinski definition) is 4. The Bertz CT molecular complexity index is 1570. The fraction of sp³-hybridized carbons (Fsp3) is 0.300. The summed E-state index contributed by atoms with van der Waals surface area (Å²) >= 11 is 12.7. The SMILES string of the molecule is CCc1cccc2c1NC(=O)C21N2CCCC2C(C(=O)c2ccc(Cl)cc2Cl)C12C(=O)Nc1ccccc12. The van der Waals surface area contributed by atoms with Crippen LogP contribution in [0, 0.1) is 5.92 Å². The summed E-state index contributed by atoms with van der Waals surface area (Å²) in [6, 6.07) is 17.8. The summed E-state index contributed by atoms with van der Waals surface area (Å²) < 4.78 is 0. The lowest BCUT2D eigenvalue weighted by Crippen LogP contribution is -2.62. The van der Waals surface area contributed by atoms with Crippen molar-refractivity contribution in [3.05, 3.63) is 93.0 Å². The first-order chi connectivity index (χ1) is 18.4. The summed E-state index contributed by atoms with van der Waals surface area (Å²) in [7, 11) is 0. The van der Waals surface area contributed by atoms with Crippen molar-refractivity contribution in [3.63, 3.8) is 0 Å². The number of para-hydroxylation sites is 2. The van der Waals surface area contributed by atoms with Crippen molar-refractivity contribution in [1.29, 1.82) is 0 Å². The number of fused-ring (bicyclic) bond motifs is 7. The van der Waals surface area contributed by atoms with Crippen LogP contribution in [-0.2, 0) is 27.0 Å². The molecule has 2 N–H and O–H groups in total. The van der Waals surface area contributed by atoms with Crippen LogP contribution in [-0.4, -0.2) is 35.1 Å². The van der Waals surface area contributed by atoms with Crippen molar-refractivity contribution in [2.45, 2.75) is 43.2 Å². The minimum Gasteiger partial charge on any atom is -0.325 e. The van der Waals surface area contributed by atoms with Gasteiger partial charge in [0.05, 0.1) is 10.9 Å². The molecule has 6 nitrogen and oxygen atoms in total. The molecule has 8 heteroatoms. The zero-order chi connectivity index (χ0) is 26.4. The predicted molar refractivity (Wildman–Crippen MR) is 147 cm³/mol. The second kappa shape index (κ2) is 8.15. The van der Waals surface area contributed by atoms with Gasteiger partial charge < -0.3 is 10.6 Å². The minimum atomic E-state index is -1.49. The maximum Gasteiger partial charge on any atom is 0.251 e. The number of halogens is 2. The topological polar surface area (TPSA) is 78.5 Å². The van der Waals surface area contributed by atoms with E-state index in [0.29, 0.717) is 34.8 Å². The molecule has 0 aromatic heterocycles. The highest BCUT2D eigenvalue weighted by Gasteiger charge is 2.81. The van der Waals surface area contributed by atoms with E-state index in [4.69, 9.17) is 23.2 Å². The van der Waals surface area contributed by atoms with Crippen LogP contribution >= 0.6 is 23.2 Å². The van der Waals surface area contributed by atoms with E-state index in [1.165, 1.54) is 0 Å². The first-order valence-electron chi connectivity index (χ1n) is 13.0. The predicted octanol–water partition coefficient (Wildman–Crippen LogP) is 5.57. The highest BCUT2D eigenvalue weighted by Crippen LogP contribution is 2.68. The number of carbonyl (C=O) groups is 3. The van der Waals surface area contributed by atoms with Gasteiger partial charge >= 0.3 is 0 Å². The van der Waals surface area contributed by atoms with E-state index in [1.807, 2.05) is 49.4 Å². The molecule has 2 fully saturated rings. The number of aryl methyl sites for hydroxylation is 1. The molecule has 38 heavy (non-hydrogen) atoms. The number of Topliss-reactive ketones (excluding diaryl/α,β-unsaturated/α-hetero) is 1. The molecule has 192 valence electrons. The van der Waals surface area contributed by atoms with Gasteiger partial charge in [0.25, 0.3) is 5.91 Å². The Kier molecular flexibility index (Phi) is 5.13. The van der Waals surface area contributed by atoms with Gasteiger partial charge in [-0.2, -0.15) is 0 Å². The number of nitrogens with one attached hydrogen (secondary N) is 2. The third-order valence-corrected chi connectivity index (χ3v) is 9.63. The Balaban J connectivity index is 1.59. The molecule has 4 heterocycles. The Hall–Kier alpha value is -3.19. The van der Waals surface area contributed by atoms with E-state index >= 15 is 0 Å². The van der Waals surface area contributed by atoms with Crippen LogP contribution in [0.4, 0.5) is 11.4 Å². The average molecular weight is 546 g/mol. The number of amides is 2. The van der Waals surface area contributed by atoms with Crippen molar-refractivity contribution in [2.24, 2.45) is 5.92 Å². The van der Waals surface area contributed by atoms with Crippen LogP contribution in [0.3, 0.4) is 0 Å². The molecule has 3 aromatic rings. The molecule has 7 rings (SSSR count). The molecule has 4 unspecified atom stereocenters. The van der Waals surface area contributed by atoms with Crippen molar-refractivity contribution >= 4 is 52.2 Å². The van der Waals surface area contributed by atoms with Gasteiger partial charge in [-0.15, -0.1) is 0 Å². The van der Waals surface area contributed by atoms with Crippen LogP contribution < -0.4 is 10.6 Å². The molecule has 0 saturated carbocycles. The number of carbonyl (C=O) groups excluding carboxylic acids is 3. The number of anilines is 2. The van der Waals surface area contributed by atoms with E-state index in [9.17, 15) is 14.4 Å². The highest BCUT2D eigenvalue weighted by molar-refractivity contribution is 6.37. The Morgan fingerprint density at radius 3 is 2.58 bits per heavy atom. The fourth-order valence-electron chi connectivity index (χ4n) is 7.82. The first-order valence-corrected chi connectivity index (χ1v) is 13.7. The summed E-state index contributed by atoms with van der Waals surface area (Å²) in [6.45, 7) is 2.64. The van der Waals surface area contributed by atoms with E-state index in [0.717, 1.165) is 29.7 Å².